The topological polar surface area (TPSA) is 67.4 Å². The van der Waals surface area contributed by atoms with Crippen LogP contribution in [0.3, 0.4) is 0 Å². The molecule has 0 bridgehead atoms. The highest BCUT2D eigenvalue weighted by molar-refractivity contribution is 6.05. The van der Waals surface area contributed by atoms with Gasteiger partial charge in [0.05, 0.1) is 12.0 Å². The molecule has 5 heteroatoms. The van der Waals surface area contributed by atoms with E-state index in [0.717, 1.165) is 11.3 Å². The second-order valence-corrected chi connectivity index (χ2v) is 6.07. The van der Waals surface area contributed by atoms with Crippen molar-refractivity contribution < 1.29 is 14.3 Å². The van der Waals surface area contributed by atoms with Crippen molar-refractivity contribution in [2.24, 2.45) is 0 Å². The molecule has 0 fully saturated rings. The van der Waals surface area contributed by atoms with E-state index < -0.39 is 5.92 Å². The first-order valence-corrected chi connectivity index (χ1v) is 7.99. The summed E-state index contributed by atoms with van der Waals surface area (Å²) in [5, 5.41) is 5.68. The number of carbonyl (C=O) groups excluding carboxylic acids is 2. The van der Waals surface area contributed by atoms with Crippen LogP contribution in [0.2, 0.25) is 0 Å². The van der Waals surface area contributed by atoms with Gasteiger partial charge in [-0.15, -0.1) is 0 Å². The van der Waals surface area contributed by atoms with Crippen molar-refractivity contribution in [3.05, 3.63) is 54.1 Å². The molecule has 2 N–H and O–H groups in total. The lowest BCUT2D eigenvalue weighted by molar-refractivity contribution is -0.123. The van der Waals surface area contributed by atoms with Crippen molar-refractivity contribution in [2.45, 2.75) is 32.3 Å². The van der Waals surface area contributed by atoms with Gasteiger partial charge in [0.25, 0.3) is 0 Å². The van der Waals surface area contributed by atoms with E-state index in [2.05, 4.69) is 10.6 Å². The van der Waals surface area contributed by atoms with Crippen LogP contribution in [0.15, 0.2) is 48.5 Å². The maximum absolute atomic E-state index is 12.6. The Balaban J connectivity index is 1.74. The van der Waals surface area contributed by atoms with Crippen LogP contribution in [0.5, 0.6) is 5.75 Å². The van der Waals surface area contributed by atoms with E-state index in [1.165, 1.54) is 0 Å². The van der Waals surface area contributed by atoms with E-state index in [0.29, 0.717) is 11.4 Å². The zero-order chi connectivity index (χ0) is 17.1. The number of ether oxygens (including phenoxy) is 1. The first kappa shape index (κ1) is 16.1. The lowest BCUT2D eigenvalue weighted by atomic mass is 9.90. The van der Waals surface area contributed by atoms with E-state index in [-0.39, 0.29) is 24.3 Å². The number of hydrogen-bond acceptors (Lipinski definition) is 3. The van der Waals surface area contributed by atoms with Crippen LogP contribution in [0, 0.1) is 0 Å². The van der Waals surface area contributed by atoms with Crippen molar-refractivity contribution in [1.29, 1.82) is 0 Å². The van der Waals surface area contributed by atoms with Gasteiger partial charge < -0.3 is 15.4 Å². The second kappa shape index (κ2) is 6.74. The third-order valence-electron chi connectivity index (χ3n) is 3.81. The SMILES string of the molecule is CC(C)Oc1ccc(NC(=O)C2CC(=O)Nc3ccccc32)cc1. The third-order valence-corrected chi connectivity index (χ3v) is 3.81. The first-order chi connectivity index (χ1) is 11.5. The van der Waals surface area contributed by atoms with Gasteiger partial charge in [0.2, 0.25) is 11.8 Å². The van der Waals surface area contributed by atoms with E-state index in [1.54, 1.807) is 12.1 Å². The molecule has 2 aromatic rings. The summed E-state index contributed by atoms with van der Waals surface area (Å²) in [6.45, 7) is 3.92. The van der Waals surface area contributed by atoms with Gasteiger partial charge in [-0.2, -0.15) is 0 Å². The number of hydrogen-bond donors (Lipinski definition) is 2. The normalized spacial score (nSPS) is 16.3. The molecule has 0 saturated heterocycles. The number of para-hydroxylation sites is 1. The van der Waals surface area contributed by atoms with Crippen molar-refractivity contribution in [3.8, 4) is 5.75 Å². The molecule has 124 valence electrons. The molecule has 0 saturated carbocycles. The van der Waals surface area contributed by atoms with Crippen LogP contribution in [-0.2, 0) is 9.59 Å². The quantitative estimate of drug-likeness (QED) is 0.904. The van der Waals surface area contributed by atoms with Crippen LogP contribution in [0.25, 0.3) is 0 Å². The van der Waals surface area contributed by atoms with Gasteiger partial charge in [0, 0.05) is 17.8 Å². The third kappa shape index (κ3) is 3.56. The van der Waals surface area contributed by atoms with Crippen molar-refractivity contribution in [2.75, 3.05) is 10.6 Å². The minimum absolute atomic E-state index is 0.0997. The van der Waals surface area contributed by atoms with Gasteiger partial charge in [0.15, 0.2) is 0 Å². The van der Waals surface area contributed by atoms with Gasteiger partial charge in [0.1, 0.15) is 5.75 Å². The second-order valence-electron chi connectivity index (χ2n) is 6.07. The maximum atomic E-state index is 12.6. The molecule has 24 heavy (non-hydrogen) atoms. The highest BCUT2D eigenvalue weighted by Crippen LogP contribution is 2.32. The molecule has 5 nitrogen and oxygen atoms in total. The molecule has 3 rings (SSSR count). The lowest BCUT2D eigenvalue weighted by Gasteiger charge is -2.24. The maximum Gasteiger partial charge on any atom is 0.232 e. The highest BCUT2D eigenvalue weighted by Gasteiger charge is 2.30. The van der Waals surface area contributed by atoms with E-state index >= 15 is 0 Å². The molecule has 0 spiro atoms. The summed E-state index contributed by atoms with van der Waals surface area (Å²) in [7, 11) is 0. The molecule has 1 heterocycles. The molecule has 1 aliphatic rings. The van der Waals surface area contributed by atoms with Gasteiger partial charge in [-0.3, -0.25) is 9.59 Å². The van der Waals surface area contributed by atoms with Crippen LogP contribution in [0.4, 0.5) is 11.4 Å². The molecule has 1 unspecified atom stereocenters. The minimum Gasteiger partial charge on any atom is -0.491 e. The highest BCUT2D eigenvalue weighted by atomic mass is 16.5. The first-order valence-electron chi connectivity index (χ1n) is 7.99. The van der Waals surface area contributed by atoms with Crippen molar-refractivity contribution in [3.63, 3.8) is 0 Å². The van der Waals surface area contributed by atoms with Gasteiger partial charge in [-0.1, -0.05) is 18.2 Å². The molecular formula is C19H20N2O3. The summed E-state index contributed by atoms with van der Waals surface area (Å²) in [6, 6.07) is 14.6. The Labute approximate surface area is 141 Å². The number of anilines is 2. The molecule has 2 amide bonds. The van der Waals surface area contributed by atoms with Crippen LogP contribution in [0.1, 0.15) is 31.7 Å². The van der Waals surface area contributed by atoms with Crippen LogP contribution < -0.4 is 15.4 Å². The summed E-state index contributed by atoms with van der Waals surface area (Å²) in [6.07, 6.45) is 0.250. The molecule has 1 aliphatic heterocycles. The number of fused-ring (bicyclic) bond motifs is 1. The van der Waals surface area contributed by atoms with Gasteiger partial charge >= 0.3 is 0 Å². The Morgan fingerprint density at radius 2 is 1.88 bits per heavy atom. The number of nitrogens with one attached hydrogen (secondary N) is 2. The summed E-state index contributed by atoms with van der Waals surface area (Å²) >= 11 is 0. The summed E-state index contributed by atoms with van der Waals surface area (Å²) < 4.78 is 5.59. The van der Waals surface area contributed by atoms with E-state index in [1.807, 2.05) is 50.2 Å². The molecule has 0 aromatic heterocycles. The molecule has 1 atom stereocenters. The fraction of sp³-hybridized carbons (Fsp3) is 0.263. The Hall–Kier alpha value is -2.82. The Bertz CT molecular complexity index is 753. The van der Waals surface area contributed by atoms with Crippen molar-refractivity contribution in [1.82, 2.24) is 0 Å². The zero-order valence-corrected chi connectivity index (χ0v) is 13.7. The monoisotopic (exact) mass is 324 g/mol. The zero-order valence-electron chi connectivity index (χ0n) is 13.7. The summed E-state index contributed by atoms with van der Waals surface area (Å²) in [4.78, 5) is 24.4. The number of rotatable bonds is 4. The van der Waals surface area contributed by atoms with Crippen LogP contribution in [-0.4, -0.2) is 17.9 Å². The van der Waals surface area contributed by atoms with Gasteiger partial charge in [-0.05, 0) is 49.7 Å². The summed E-state index contributed by atoms with van der Waals surface area (Å²) in [5.74, 6) is -0.0590. The predicted molar refractivity (Wildman–Crippen MR) is 93.3 cm³/mol. The molecular weight excluding hydrogens is 304 g/mol. The average Bonchev–Trinajstić information content (AvgIpc) is 2.55. The molecule has 0 aliphatic carbocycles. The number of carbonyl (C=O) groups is 2. The Morgan fingerprint density at radius 1 is 1.17 bits per heavy atom. The molecule has 2 aromatic carbocycles. The fourth-order valence-electron chi connectivity index (χ4n) is 2.76. The largest absolute Gasteiger partial charge is 0.491 e. The Morgan fingerprint density at radius 3 is 2.58 bits per heavy atom. The number of amides is 2. The summed E-state index contributed by atoms with van der Waals surface area (Å²) in [5.41, 5.74) is 2.23. The Kier molecular flexibility index (Phi) is 4.51. The van der Waals surface area contributed by atoms with Crippen LogP contribution >= 0.6 is 0 Å². The standard InChI is InChI=1S/C19H20N2O3/c1-12(2)24-14-9-7-13(8-10-14)20-19(23)16-11-18(22)21-17-6-4-3-5-15(16)17/h3-10,12,16H,11H2,1-2H3,(H,20,23)(H,21,22). The van der Waals surface area contributed by atoms with Gasteiger partial charge in [-0.25, -0.2) is 0 Å². The lowest BCUT2D eigenvalue weighted by Crippen LogP contribution is -2.30. The fourth-order valence-corrected chi connectivity index (χ4v) is 2.76. The van der Waals surface area contributed by atoms with E-state index in [4.69, 9.17) is 4.74 Å². The minimum atomic E-state index is -0.485. The smallest absolute Gasteiger partial charge is 0.232 e. The number of benzene rings is 2. The average molecular weight is 324 g/mol. The van der Waals surface area contributed by atoms with Crippen molar-refractivity contribution >= 4 is 23.2 Å². The molecule has 0 radical (unpaired) electrons. The predicted octanol–water partition coefficient (Wildman–Crippen LogP) is 3.54. The van der Waals surface area contributed by atoms with E-state index in [9.17, 15) is 9.59 Å².